The number of hydrogen-bond donors (Lipinski definition) is 0. The van der Waals surface area contributed by atoms with Gasteiger partial charge in [-0.2, -0.15) is 0 Å². The molecule has 3 aromatic rings. The first-order valence-electron chi connectivity index (χ1n) is 14.7. The van der Waals surface area contributed by atoms with Gasteiger partial charge in [0.25, 0.3) is 0 Å². The first kappa shape index (κ1) is 30.2. The fourth-order valence-electron chi connectivity index (χ4n) is 5.97. The summed E-state index contributed by atoms with van der Waals surface area (Å²) in [6.45, 7) is 14.6. The minimum atomic E-state index is -2.59. The third-order valence-corrected chi connectivity index (χ3v) is 28.0. The van der Waals surface area contributed by atoms with Crippen molar-refractivity contribution >= 4 is 40.8 Å². The number of unbranched alkanes of at least 4 members (excludes halogenated alkanes) is 3. The molecule has 1 aromatic heterocycles. The van der Waals surface area contributed by atoms with Gasteiger partial charge in [0, 0.05) is 0 Å². The Kier molecular flexibility index (Phi) is 11.6. The maximum absolute atomic E-state index is 7.19. The molecule has 0 spiro atoms. The molecule has 1 heterocycles. The predicted molar refractivity (Wildman–Crippen MR) is 166 cm³/mol. The van der Waals surface area contributed by atoms with Crippen molar-refractivity contribution < 1.29 is 8.84 Å². The summed E-state index contributed by atoms with van der Waals surface area (Å²) < 4.78 is 19.7. The first-order valence-corrected chi connectivity index (χ1v) is 24.1. The average Bonchev–Trinajstić information content (AvgIpc) is 3.39. The molecule has 0 amide bonds. The number of hydrogen-bond acceptors (Lipinski definition) is 2. The second-order valence-corrected chi connectivity index (χ2v) is 29.1. The SMILES string of the molecule is CCC[CH2][Sn]([CH2]CCC)([CH2]CCC)[c]1ccc(CO[Si](c2ccccc2)(c2ccccc2)C(C)(C)C)o1. The van der Waals surface area contributed by atoms with Gasteiger partial charge in [-0.3, -0.25) is 0 Å². The van der Waals surface area contributed by atoms with Crippen molar-refractivity contribution in [1.82, 2.24) is 0 Å². The standard InChI is InChI=1S/C21H23O2Si.3C4H9.Sn/c1-21(2,3)24(19-12-6-4-7-13-19,20-14-8-5-9-15-20)23-17-18-11-10-16-22-18;3*1-3-4-2;/h4-15H,17H2,1-3H3;3*1,3-4H2,2H3;. The molecule has 0 saturated heterocycles. The van der Waals surface area contributed by atoms with Crippen molar-refractivity contribution in [2.24, 2.45) is 0 Å². The van der Waals surface area contributed by atoms with E-state index < -0.39 is 26.7 Å². The van der Waals surface area contributed by atoms with Crippen molar-refractivity contribution in [3.8, 4) is 0 Å². The van der Waals surface area contributed by atoms with E-state index in [9.17, 15) is 0 Å². The molecule has 0 aliphatic rings. The Morgan fingerprint density at radius 2 is 1.14 bits per heavy atom. The van der Waals surface area contributed by atoms with E-state index in [-0.39, 0.29) is 5.04 Å². The third-order valence-electron chi connectivity index (χ3n) is 8.06. The first-order chi connectivity index (χ1) is 17.8. The van der Waals surface area contributed by atoms with E-state index >= 15 is 0 Å². The monoisotopic (exact) mass is 626 g/mol. The number of furan rings is 1. The Morgan fingerprint density at radius 1 is 0.676 bits per heavy atom. The summed E-state index contributed by atoms with van der Waals surface area (Å²) in [5.41, 5.74) is 0. The van der Waals surface area contributed by atoms with Crippen molar-refractivity contribution in [3.63, 3.8) is 0 Å². The average molecular weight is 626 g/mol. The fraction of sp³-hybridized carbons (Fsp3) is 0.515. The summed E-state index contributed by atoms with van der Waals surface area (Å²) in [4.78, 5) is 0. The molecular weight excluding hydrogens is 575 g/mol. The van der Waals surface area contributed by atoms with Crippen LogP contribution in [-0.2, 0) is 11.0 Å². The van der Waals surface area contributed by atoms with Crippen LogP contribution in [-0.4, -0.2) is 26.7 Å². The summed E-state index contributed by atoms with van der Waals surface area (Å²) in [5, 5.41) is 2.61. The molecule has 0 fully saturated rings. The molecule has 3 rings (SSSR count). The zero-order valence-corrected chi connectivity index (χ0v) is 28.2. The van der Waals surface area contributed by atoms with Crippen LogP contribution in [0.5, 0.6) is 0 Å². The Balaban J connectivity index is 1.98. The van der Waals surface area contributed by atoms with Crippen LogP contribution in [0.15, 0.2) is 77.2 Å². The molecule has 0 bridgehead atoms. The van der Waals surface area contributed by atoms with Gasteiger partial charge in [0.15, 0.2) is 0 Å². The summed E-state index contributed by atoms with van der Waals surface area (Å²) in [5.74, 6) is 1.01. The van der Waals surface area contributed by atoms with E-state index in [2.05, 4.69) is 114 Å². The number of benzene rings is 2. The summed E-state index contributed by atoms with van der Waals surface area (Å²) in [7, 11) is -2.57. The van der Waals surface area contributed by atoms with E-state index in [4.69, 9.17) is 8.84 Å². The molecule has 0 N–H and O–H groups in total. The number of rotatable bonds is 15. The zero-order valence-electron chi connectivity index (χ0n) is 24.3. The van der Waals surface area contributed by atoms with Crippen LogP contribution >= 0.6 is 0 Å². The Bertz CT molecular complexity index is 978. The normalized spacial score (nSPS) is 12.7. The van der Waals surface area contributed by atoms with E-state index in [1.165, 1.54) is 66.0 Å². The summed E-state index contributed by atoms with van der Waals surface area (Å²) in [6.07, 6.45) is 7.87. The van der Waals surface area contributed by atoms with E-state index in [0.29, 0.717) is 6.61 Å². The van der Waals surface area contributed by atoms with Crippen LogP contribution in [0, 0.1) is 0 Å². The van der Waals surface area contributed by atoms with Crippen molar-refractivity contribution in [1.29, 1.82) is 0 Å². The molecule has 2 nitrogen and oxygen atoms in total. The molecule has 0 aliphatic carbocycles. The minimum absolute atomic E-state index is 0.0303. The Labute approximate surface area is 232 Å². The second kappa shape index (κ2) is 14.2. The topological polar surface area (TPSA) is 22.4 Å². The fourth-order valence-corrected chi connectivity index (χ4v) is 25.8. The molecule has 2 aromatic carbocycles. The van der Waals surface area contributed by atoms with Gasteiger partial charge in [-0.15, -0.1) is 0 Å². The van der Waals surface area contributed by atoms with Gasteiger partial charge in [-0.25, -0.2) is 0 Å². The van der Waals surface area contributed by atoms with Crippen molar-refractivity contribution in [2.45, 2.75) is 105 Å². The van der Waals surface area contributed by atoms with E-state index in [0.717, 1.165) is 5.76 Å². The van der Waals surface area contributed by atoms with Crippen LogP contribution < -0.4 is 14.1 Å². The van der Waals surface area contributed by atoms with Crippen LogP contribution in [0.2, 0.25) is 18.3 Å². The summed E-state index contributed by atoms with van der Waals surface area (Å²) >= 11 is -2.59. The van der Waals surface area contributed by atoms with E-state index in [1.807, 2.05) is 0 Å². The van der Waals surface area contributed by atoms with Gasteiger partial charge in [-0.1, -0.05) is 0 Å². The maximum atomic E-state index is 7.19. The van der Waals surface area contributed by atoms with E-state index in [1.54, 1.807) is 0 Å². The van der Waals surface area contributed by atoms with Gasteiger partial charge < -0.3 is 0 Å². The van der Waals surface area contributed by atoms with Gasteiger partial charge >= 0.3 is 233 Å². The van der Waals surface area contributed by atoms with Gasteiger partial charge in [0.1, 0.15) is 0 Å². The second-order valence-electron chi connectivity index (χ2n) is 11.8. The van der Waals surface area contributed by atoms with Crippen molar-refractivity contribution in [3.05, 3.63) is 78.6 Å². The van der Waals surface area contributed by atoms with Crippen molar-refractivity contribution in [2.75, 3.05) is 0 Å². The molecule has 0 unspecified atom stereocenters. The third kappa shape index (κ3) is 7.22. The van der Waals surface area contributed by atoms with Gasteiger partial charge in [-0.05, 0) is 0 Å². The van der Waals surface area contributed by atoms with Crippen LogP contribution in [0.25, 0.3) is 0 Å². The Hall–Kier alpha value is -1.30. The van der Waals surface area contributed by atoms with Crippen LogP contribution in [0.1, 0.15) is 85.8 Å². The molecule has 0 atom stereocenters. The molecule has 0 saturated carbocycles. The molecule has 202 valence electrons. The van der Waals surface area contributed by atoms with Gasteiger partial charge in [0.05, 0.1) is 0 Å². The quantitative estimate of drug-likeness (QED) is 0.158. The molecule has 37 heavy (non-hydrogen) atoms. The zero-order chi connectivity index (χ0) is 26.8. The molecule has 4 heteroatoms. The Morgan fingerprint density at radius 3 is 1.54 bits per heavy atom. The predicted octanol–water partition coefficient (Wildman–Crippen LogP) is 8.41. The van der Waals surface area contributed by atoms with Gasteiger partial charge in [0.2, 0.25) is 0 Å². The molecular formula is C33H50O2SiSn. The van der Waals surface area contributed by atoms with Crippen LogP contribution in [0.4, 0.5) is 0 Å². The summed E-state index contributed by atoms with van der Waals surface area (Å²) in [6, 6.07) is 26.5. The molecule has 0 aliphatic heterocycles. The van der Waals surface area contributed by atoms with Crippen LogP contribution in [0.3, 0.4) is 0 Å². The molecule has 0 radical (unpaired) electrons.